The minimum Gasteiger partial charge on any atom is 0 e. The van der Waals surface area contributed by atoms with Crippen molar-refractivity contribution in [2.75, 3.05) is 0 Å². The Morgan fingerprint density at radius 3 is 1.00 bits per heavy atom. The maximum absolute atomic E-state index is 0. The minimum atomic E-state index is 0. The van der Waals surface area contributed by atoms with Crippen LogP contribution in [0.3, 0.4) is 0 Å². The van der Waals surface area contributed by atoms with E-state index >= 15 is 0 Å². The monoisotopic (exact) mass is 402 g/mol. The Morgan fingerprint density at radius 2 is 1.00 bits per heavy atom. The molecule has 0 N–H and O–H groups in total. The Bertz CT molecular complexity index is 8.00. The molecule has 0 aliphatic rings. The molecule has 4 heavy (non-hydrogen) atoms. The fourth-order valence-corrected chi connectivity index (χ4v) is 0. The smallest absolute Gasteiger partial charge is 0 e. The van der Waals surface area contributed by atoms with Crippen molar-refractivity contribution in [2.45, 2.75) is 0 Å². The van der Waals surface area contributed by atoms with E-state index < -0.39 is 0 Å². The molecule has 0 atom stereocenters. The molecule has 0 radical (unpaired) electrons. The van der Waals surface area contributed by atoms with Crippen molar-refractivity contribution in [1.29, 1.82) is 0 Å². The van der Waals surface area contributed by atoms with Crippen molar-refractivity contribution in [3.8, 4) is 0 Å². The standard InChI is InChI=1S/Al.Ce.Ti.W.3H. The van der Waals surface area contributed by atoms with Gasteiger partial charge in [-0.1, -0.05) is 0 Å². The molecule has 0 amide bonds. The Labute approximate surface area is 99.5 Å². The molecule has 0 bridgehead atoms. The Hall–Kier alpha value is 3.31. The number of hydrogen-bond donors (Lipinski definition) is 0. The van der Waals surface area contributed by atoms with Gasteiger partial charge in [0.15, 0.2) is 17.4 Å². The van der Waals surface area contributed by atoms with Gasteiger partial charge < -0.3 is 0 Å². The van der Waals surface area contributed by atoms with Crippen LogP contribution in [-0.4, -0.2) is 17.4 Å². The first-order valence-electron chi connectivity index (χ1n) is 0. The largest absolute Gasteiger partial charge is 0.187 e. The Balaban J connectivity index is 0. The fourth-order valence-electron chi connectivity index (χ4n) is 0. The summed E-state index contributed by atoms with van der Waals surface area (Å²) in [6, 6.07) is 0. The topological polar surface area (TPSA) is 0 Å². The van der Waals surface area contributed by atoms with Crippen LogP contribution in [0.15, 0.2) is 0 Å². The first-order chi connectivity index (χ1) is 0. The molecular weight excluding hydrogens is 399 g/mol. The van der Waals surface area contributed by atoms with Gasteiger partial charge in [-0.2, -0.15) is 0 Å². The van der Waals surface area contributed by atoms with Crippen LogP contribution in [0.1, 0.15) is 0 Å². The molecule has 0 rings (SSSR count). The van der Waals surface area contributed by atoms with Gasteiger partial charge in [-0.15, -0.1) is 0 Å². The summed E-state index contributed by atoms with van der Waals surface area (Å²) in [6.45, 7) is 0. The fraction of sp³-hybridized carbons (Fsp3) is 0. The molecule has 0 aromatic carbocycles. The first kappa shape index (κ1) is 26.6. The summed E-state index contributed by atoms with van der Waals surface area (Å²) in [5.74, 6) is 0. The van der Waals surface area contributed by atoms with Gasteiger partial charge in [0.1, 0.15) is 0 Å². The summed E-state index contributed by atoms with van der Waals surface area (Å²) < 4.78 is 0. The van der Waals surface area contributed by atoms with Crippen LogP contribution < -0.4 is 0 Å². The van der Waals surface area contributed by atoms with E-state index in [4.69, 9.17) is 0 Å². The molecule has 4 heteroatoms. The van der Waals surface area contributed by atoms with Gasteiger partial charge in [0.05, 0.1) is 0 Å². The summed E-state index contributed by atoms with van der Waals surface area (Å²) in [4.78, 5) is 0. The van der Waals surface area contributed by atoms with Crippen molar-refractivity contribution in [1.82, 2.24) is 0 Å². The average Bonchev–Trinajstić information content (AvgIpc) is 0. The first-order valence-corrected chi connectivity index (χ1v) is 0. The van der Waals surface area contributed by atoms with Gasteiger partial charge in [0.2, 0.25) is 0 Å². The molecule has 0 spiro atoms. The predicted molar refractivity (Wildman–Crippen MR) is 9.94 cm³/mol. The molecule has 0 aliphatic heterocycles. The Morgan fingerprint density at radius 1 is 1.00 bits per heavy atom. The summed E-state index contributed by atoms with van der Waals surface area (Å²) in [5, 5.41) is 0. The van der Waals surface area contributed by atoms with E-state index in [1.165, 1.54) is 0 Å². The van der Waals surface area contributed by atoms with Crippen LogP contribution in [-0.2, 0) is 42.8 Å². The third-order valence-electron chi connectivity index (χ3n) is 0. The second kappa shape index (κ2) is 16.2. The van der Waals surface area contributed by atoms with Crippen LogP contribution in [0, 0.1) is 41.7 Å². The molecular formula is H3AlCeTiW. The van der Waals surface area contributed by atoms with Crippen LogP contribution >= 0.6 is 0 Å². The second-order valence-corrected chi connectivity index (χ2v) is 0. The van der Waals surface area contributed by atoms with E-state index in [2.05, 4.69) is 0 Å². The maximum atomic E-state index is 0. The van der Waals surface area contributed by atoms with E-state index in [1.54, 1.807) is 0 Å². The molecule has 0 aromatic rings. The molecule has 0 saturated carbocycles. The van der Waals surface area contributed by atoms with Gasteiger partial charge in [-0.25, -0.2) is 0 Å². The van der Waals surface area contributed by atoms with Gasteiger partial charge in [-0.3, -0.25) is 0 Å². The number of hydrogen-bond acceptors (Lipinski definition) is 0. The normalized spacial score (nSPS) is 0. The van der Waals surface area contributed by atoms with Crippen molar-refractivity contribution in [3.63, 3.8) is 0 Å². The molecule has 0 aromatic heterocycles. The minimum absolute atomic E-state index is 0. The van der Waals surface area contributed by atoms with E-state index in [0.717, 1.165) is 0 Å². The SMILES string of the molecule is [AlH3].[Ce].[Ti].[W]. The van der Waals surface area contributed by atoms with Crippen LogP contribution in [0.2, 0.25) is 0 Å². The van der Waals surface area contributed by atoms with E-state index in [0.29, 0.717) is 0 Å². The summed E-state index contributed by atoms with van der Waals surface area (Å²) >= 11 is 0. The quantitative estimate of drug-likeness (QED) is 0.448. The van der Waals surface area contributed by atoms with Gasteiger partial charge in [0, 0.05) is 84.5 Å². The van der Waals surface area contributed by atoms with Crippen molar-refractivity contribution in [2.24, 2.45) is 0 Å². The third-order valence-corrected chi connectivity index (χ3v) is 0. The van der Waals surface area contributed by atoms with Crippen molar-refractivity contribution < 1.29 is 84.5 Å². The second-order valence-electron chi connectivity index (χ2n) is 0. The third kappa shape index (κ3) is 9.00. The van der Waals surface area contributed by atoms with Gasteiger partial charge in [-0.05, 0) is 0 Å². The molecule has 0 nitrogen and oxygen atoms in total. The molecule has 0 saturated heterocycles. The predicted octanol–water partition coefficient (Wildman–Crippen LogP) is -1.19. The summed E-state index contributed by atoms with van der Waals surface area (Å²) in [5.41, 5.74) is 0. The summed E-state index contributed by atoms with van der Waals surface area (Å²) in [7, 11) is 0. The van der Waals surface area contributed by atoms with Crippen LogP contribution in [0.25, 0.3) is 0 Å². The molecule has 0 unspecified atom stereocenters. The van der Waals surface area contributed by atoms with Gasteiger partial charge in [0.25, 0.3) is 0 Å². The molecule has 0 fully saturated rings. The summed E-state index contributed by atoms with van der Waals surface area (Å²) in [6.07, 6.45) is 0. The zero-order chi connectivity index (χ0) is 0. The van der Waals surface area contributed by atoms with Gasteiger partial charge >= 0.3 is 0 Å². The molecule has 20 valence electrons. The van der Waals surface area contributed by atoms with Crippen LogP contribution in [0.4, 0.5) is 0 Å². The maximum Gasteiger partial charge on any atom is 0.187 e. The van der Waals surface area contributed by atoms with Crippen LogP contribution in [0.5, 0.6) is 0 Å². The van der Waals surface area contributed by atoms with E-state index in [-0.39, 0.29) is 102 Å². The zero-order valence-corrected chi connectivity index (χ0v) is 9.04. The molecule has 0 aliphatic carbocycles. The Kier molecular flexibility index (Phi) is 108. The van der Waals surface area contributed by atoms with Crippen molar-refractivity contribution in [3.05, 3.63) is 0 Å². The van der Waals surface area contributed by atoms with Crippen molar-refractivity contribution >= 4 is 17.4 Å². The molecule has 0 heterocycles. The van der Waals surface area contributed by atoms with E-state index in [1.807, 2.05) is 0 Å². The zero-order valence-electron chi connectivity index (χ0n) is 1.41. The van der Waals surface area contributed by atoms with E-state index in [9.17, 15) is 0 Å². The average molecular weight is 402 g/mol. The number of rotatable bonds is 0.